The molecule has 152 valence electrons. The Morgan fingerprint density at radius 2 is 1.87 bits per heavy atom. The number of nitriles is 1. The van der Waals surface area contributed by atoms with Gasteiger partial charge in [-0.15, -0.1) is 0 Å². The van der Waals surface area contributed by atoms with Gasteiger partial charge < -0.3 is 15.0 Å². The minimum Gasteiger partial charge on any atom is -0.422 e. The van der Waals surface area contributed by atoms with Crippen LogP contribution in [0.1, 0.15) is 24.0 Å². The van der Waals surface area contributed by atoms with Crippen LogP contribution in [0.25, 0.3) is 16.9 Å². The first-order valence-corrected chi connectivity index (χ1v) is 9.88. The summed E-state index contributed by atoms with van der Waals surface area (Å²) in [6.45, 7) is 2.59. The number of nitrogens with zero attached hydrogens (tertiary/aromatic N) is 6. The first-order chi connectivity index (χ1) is 15.2. The zero-order valence-corrected chi connectivity index (χ0v) is 16.8. The lowest BCUT2D eigenvalue weighted by Gasteiger charge is -2.25. The molecule has 3 aromatic heterocycles. The van der Waals surface area contributed by atoms with E-state index in [4.69, 9.17) is 15.6 Å². The molecule has 1 aliphatic heterocycles. The second kappa shape index (κ2) is 7.46. The van der Waals surface area contributed by atoms with Crippen molar-refractivity contribution in [1.29, 1.82) is 5.26 Å². The maximum atomic E-state index is 9.93. The van der Waals surface area contributed by atoms with Gasteiger partial charge in [0.25, 0.3) is 0 Å². The SMILES string of the molecule is CCn1nc(-c2ccncc2)c2c1OC(N)=C(C#N)C2c1ccc(-n2ccnc2)cc1. The maximum absolute atomic E-state index is 9.93. The Morgan fingerprint density at radius 1 is 1.10 bits per heavy atom. The van der Waals surface area contributed by atoms with Gasteiger partial charge in [-0.1, -0.05) is 12.1 Å². The predicted octanol–water partition coefficient (Wildman–Crippen LogP) is 3.37. The van der Waals surface area contributed by atoms with Crippen molar-refractivity contribution in [3.05, 3.63) is 90.1 Å². The number of fused-ring (bicyclic) bond motifs is 1. The molecule has 8 nitrogen and oxygen atoms in total. The van der Waals surface area contributed by atoms with Crippen molar-refractivity contribution in [2.24, 2.45) is 5.73 Å². The Kier molecular flexibility index (Phi) is 4.49. The van der Waals surface area contributed by atoms with E-state index in [9.17, 15) is 5.26 Å². The van der Waals surface area contributed by atoms with Crippen LogP contribution >= 0.6 is 0 Å². The van der Waals surface area contributed by atoms with Gasteiger partial charge in [-0.05, 0) is 36.8 Å². The second-order valence-corrected chi connectivity index (χ2v) is 7.11. The number of hydrogen-bond donors (Lipinski definition) is 1. The molecule has 2 N–H and O–H groups in total. The van der Waals surface area contributed by atoms with E-state index in [0.717, 1.165) is 28.1 Å². The van der Waals surface area contributed by atoms with E-state index in [2.05, 4.69) is 16.0 Å². The summed E-state index contributed by atoms with van der Waals surface area (Å²) in [7, 11) is 0. The highest BCUT2D eigenvalue weighted by atomic mass is 16.5. The van der Waals surface area contributed by atoms with E-state index < -0.39 is 5.92 Å². The van der Waals surface area contributed by atoms with Crippen LogP contribution in [0.15, 0.2) is 79.0 Å². The van der Waals surface area contributed by atoms with Gasteiger partial charge in [-0.3, -0.25) is 4.98 Å². The number of nitrogens with two attached hydrogens (primary N) is 1. The number of pyridine rings is 1. The van der Waals surface area contributed by atoms with Crippen LogP contribution in [0.3, 0.4) is 0 Å². The van der Waals surface area contributed by atoms with E-state index in [1.54, 1.807) is 29.6 Å². The van der Waals surface area contributed by atoms with Gasteiger partial charge in [0.15, 0.2) is 0 Å². The molecule has 0 fully saturated rings. The van der Waals surface area contributed by atoms with Crippen molar-refractivity contribution in [3.8, 4) is 28.9 Å². The number of rotatable bonds is 4. The number of ether oxygens (including phenoxy) is 1. The standard InChI is InChI=1S/C23H19N7O/c1-2-30-23-20(21(28-30)16-7-9-26-10-8-16)19(18(13-24)22(25)31-23)15-3-5-17(6-4-15)29-12-11-27-14-29/h3-12,14,19H,2,25H2,1H3. The molecule has 5 rings (SSSR count). The third-order valence-electron chi connectivity index (χ3n) is 5.39. The summed E-state index contributed by atoms with van der Waals surface area (Å²) in [6.07, 6.45) is 8.80. The van der Waals surface area contributed by atoms with E-state index in [1.165, 1.54) is 0 Å². The fraction of sp³-hybridized carbons (Fsp3) is 0.130. The molecule has 1 aromatic carbocycles. The Balaban J connectivity index is 1.70. The third kappa shape index (κ3) is 3.04. The zero-order valence-electron chi connectivity index (χ0n) is 16.8. The van der Waals surface area contributed by atoms with Crippen molar-refractivity contribution < 1.29 is 4.74 Å². The molecule has 1 atom stereocenters. The number of imidazole rings is 1. The molecule has 4 aromatic rings. The molecule has 0 amide bonds. The lowest BCUT2D eigenvalue weighted by Crippen LogP contribution is -2.22. The van der Waals surface area contributed by atoms with Crippen LogP contribution < -0.4 is 10.5 Å². The van der Waals surface area contributed by atoms with E-state index in [1.807, 2.05) is 54.1 Å². The molecule has 0 radical (unpaired) electrons. The number of aryl methyl sites for hydroxylation is 1. The Labute approximate surface area is 178 Å². The van der Waals surface area contributed by atoms with Gasteiger partial charge >= 0.3 is 0 Å². The summed E-state index contributed by atoms with van der Waals surface area (Å²) in [5.74, 6) is 0.276. The Bertz CT molecular complexity index is 1300. The highest BCUT2D eigenvalue weighted by molar-refractivity contribution is 5.71. The zero-order chi connectivity index (χ0) is 21.4. The van der Waals surface area contributed by atoms with Crippen LogP contribution in [0, 0.1) is 11.3 Å². The average molecular weight is 409 g/mol. The third-order valence-corrected chi connectivity index (χ3v) is 5.39. The second-order valence-electron chi connectivity index (χ2n) is 7.11. The van der Waals surface area contributed by atoms with Gasteiger partial charge in [-0.25, -0.2) is 9.67 Å². The van der Waals surface area contributed by atoms with Crippen molar-refractivity contribution in [1.82, 2.24) is 24.3 Å². The molecular weight excluding hydrogens is 390 g/mol. The molecule has 31 heavy (non-hydrogen) atoms. The van der Waals surface area contributed by atoms with Crippen LogP contribution in [0.5, 0.6) is 5.88 Å². The van der Waals surface area contributed by atoms with Crippen molar-refractivity contribution >= 4 is 0 Å². The van der Waals surface area contributed by atoms with E-state index in [0.29, 0.717) is 18.0 Å². The Morgan fingerprint density at radius 3 is 2.52 bits per heavy atom. The molecule has 0 spiro atoms. The van der Waals surface area contributed by atoms with Crippen molar-refractivity contribution in [2.45, 2.75) is 19.4 Å². The van der Waals surface area contributed by atoms with Crippen molar-refractivity contribution in [2.75, 3.05) is 0 Å². The monoisotopic (exact) mass is 409 g/mol. The molecule has 0 aliphatic carbocycles. The normalized spacial score (nSPS) is 15.3. The number of hydrogen-bond acceptors (Lipinski definition) is 6. The van der Waals surface area contributed by atoms with Gasteiger partial charge in [0.2, 0.25) is 11.8 Å². The summed E-state index contributed by atoms with van der Waals surface area (Å²) in [6, 6.07) is 14.0. The summed E-state index contributed by atoms with van der Waals surface area (Å²) in [4.78, 5) is 8.21. The lowest BCUT2D eigenvalue weighted by molar-refractivity contribution is 0.350. The van der Waals surface area contributed by atoms with Gasteiger partial charge in [0, 0.05) is 42.6 Å². The lowest BCUT2D eigenvalue weighted by atomic mass is 9.83. The van der Waals surface area contributed by atoms with Gasteiger partial charge in [-0.2, -0.15) is 10.4 Å². The summed E-state index contributed by atoms with van der Waals surface area (Å²) in [5.41, 5.74) is 10.9. The average Bonchev–Trinajstić information content (AvgIpc) is 3.47. The molecule has 0 bridgehead atoms. The molecular formula is C23H19N7O. The predicted molar refractivity (Wildman–Crippen MR) is 114 cm³/mol. The van der Waals surface area contributed by atoms with Gasteiger partial charge in [0.1, 0.15) is 17.3 Å². The van der Waals surface area contributed by atoms with E-state index in [-0.39, 0.29) is 5.88 Å². The fourth-order valence-corrected chi connectivity index (χ4v) is 3.91. The largest absolute Gasteiger partial charge is 0.422 e. The molecule has 0 saturated heterocycles. The molecule has 4 heterocycles. The minimum atomic E-state index is -0.394. The van der Waals surface area contributed by atoms with Crippen molar-refractivity contribution in [3.63, 3.8) is 0 Å². The molecule has 1 unspecified atom stereocenters. The van der Waals surface area contributed by atoms with Crippen LogP contribution in [-0.4, -0.2) is 24.3 Å². The first-order valence-electron chi connectivity index (χ1n) is 9.88. The topological polar surface area (TPSA) is 108 Å². The van der Waals surface area contributed by atoms with Gasteiger partial charge in [0.05, 0.1) is 17.8 Å². The summed E-state index contributed by atoms with van der Waals surface area (Å²) >= 11 is 0. The molecule has 0 saturated carbocycles. The quantitative estimate of drug-likeness (QED) is 0.554. The smallest absolute Gasteiger partial charge is 0.224 e. The minimum absolute atomic E-state index is 0.106. The van der Waals surface area contributed by atoms with Crippen LogP contribution in [0.4, 0.5) is 0 Å². The highest BCUT2D eigenvalue weighted by Crippen LogP contribution is 2.46. The summed E-state index contributed by atoms with van der Waals surface area (Å²) < 4.78 is 9.60. The molecule has 8 heteroatoms. The highest BCUT2D eigenvalue weighted by Gasteiger charge is 2.37. The number of aromatic nitrogens is 5. The van der Waals surface area contributed by atoms with Crippen LogP contribution in [-0.2, 0) is 6.54 Å². The van der Waals surface area contributed by atoms with Crippen LogP contribution in [0.2, 0.25) is 0 Å². The fourth-order valence-electron chi connectivity index (χ4n) is 3.91. The van der Waals surface area contributed by atoms with E-state index >= 15 is 0 Å². The molecule has 1 aliphatic rings. The number of benzene rings is 1. The maximum Gasteiger partial charge on any atom is 0.224 e. The summed E-state index contributed by atoms with van der Waals surface area (Å²) in [5, 5.41) is 14.7. The first kappa shape index (κ1) is 18.6. The number of allylic oxidation sites excluding steroid dienone is 1. The Hall–Kier alpha value is -4.38.